The first-order chi connectivity index (χ1) is 9.58. The Hall–Kier alpha value is -1.95. The van der Waals surface area contributed by atoms with Gasteiger partial charge in [-0.05, 0) is 36.6 Å². The number of ether oxygens (including phenoxy) is 1. The molecular weight excluding hydrogens is 261 g/mol. The Kier molecular flexibility index (Phi) is 4.68. The normalized spacial score (nSPS) is 12.4. The van der Waals surface area contributed by atoms with Crippen molar-refractivity contribution in [3.8, 4) is 5.75 Å². The second-order valence-electron chi connectivity index (χ2n) is 4.63. The molecule has 6 heteroatoms. The summed E-state index contributed by atoms with van der Waals surface area (Å²) in [6.07, 6.45) is 1.38. The lowest BCUT2D eigenvalue weighted by Crippen LogP contribution is -2.21. The number of hydrogen-bond donors (Lipinski definition) is 1. The molecule has 0 aliphatic carbocycles. The molecule has 20 heavy (non-hydrogen) atoms. The average molecular weight is 279 g/mol. The van der Waals surface area contributed by atoms with Gasteiger partial charge in [-0.2, -0.15) is 0 Å². The summed E-state index contributed by atoms with van der Waals surface area (Å²) in [4.78, 5) is 0. The highest BCUT2D eigenvalue weighted by molar-refractivity contribution is 5.34. The summed E-state index contributed by atoms with van der Waals surface area (Å²) in [5.74, 6) is 1.16. The molecule has 108 valence electrons. The molecule has 1 unspecified atom stereocenters. The second-order valence-corrected chi connectivity index (χ2v) is 4.63. The summed E-state index contributed by atoms with van der Waals surface area (Å²) in [7, 11) is 0. The summed E-state index contributed by atoms with van der Waals surface area (Å²) < 4.78 is 24.2. The van der Waals surface area contributed by atoms with Crippen molar-refractivity contribution in [3.05, 3.63) is 41.4 Å². The number of aromatic nitrogens is 2. The summed E-state index contributed by atoms with van der Waals surface area (Å²) in [5.41, 5.74) is 6.66. The SMILES string of the molecule is CCC(N)Cc1cc(F)ccc1OCc1nnc(C)o1. The van der Waals surface area contributed by atoms with Gasteiger partial charge in [-0.25, -0.2) is 4.39 Å². The minimum atomic E-state index is -0.302. The van der Waals surface area contributed by atoms with Gasteiger partial charge in [0.2, 0.25) is 5.89 Å². The third-order valence-corrected chi connectivity index (χ3v) is 2.95. The molecule has 1 aromatic carbocycles. The lowest BCUT2D eigenvalue weighted by Gasteiger charge is -2.13. The van der Waals surface area contributed by atoms with Crippen LogP contribution in [0, 0.1) is 12.7 Å². The maximum Gasteiger partial charge on any atom is 0.253 e. The van der Waals surface area contributed by atoms with Crippen molar-refractivity contribution in [2.75, 3.05) is 0 Å². The molecule has 0 saturated heterocycles. The van der Waals surface area contributed by atoms with E-state index in [4.69, 9.17) is 14.9 Å². The third kappa shape index (κ3) is 3.77. The minimum Gasteiger partial charge on any atom is -0.484 e. The van der Waals surface area contributed by atoms with Crippen molar-refractivity contribution in [2.24, 2.45) is 5.73 Å². The monoisotopic (exact) mass is 279 g/mol. The topological polar surface area (TPSA) is 74.2 Å². The second kappa shape index (κ2) is 6.47. The van der Waals surface area contributed by atoms with E-state index >= 15 is 0 Å². The van der Waals surface area contributed by atoms with Crippen LogP contribution in [0.4, 0.5) is 4.39 Å². The maximum atomic E-state index is 13.3. The molecule has 0 aliphatic rings. The molecule has 0 spiro atoms. The molecule has 0 saturated carbocycles. The Balaban J connectivity index is 2.09. The van der Waals surface area contributed by atoms with E-state index in [0.717, 1.165) is 12.0 Å². The van der Waals surface area contributed by atoms with Gasteiger partial charge in [-0.3, -0.25) is 0 Å². The van der Waals surface area contributed by atoms with E-state index in [-0.39, 0.29) is 18.5 Å². The van der Waals surface area contributed by atoms with Gasteiger partial charge >= 0.3 is 0 Å². The highest BCUT2D eigenvalue weighted by atomic mass is 19.1. The average Bonchev–Trinajstić information content (AvgIpc) is 2.83. The van der Waals surface area contributed by atoms with E-state index in [1.807, 2.05) is 6.92 Å². The molecule has 1 aromatic heterocycles. The van der Waals surface area contributed by atoms with E-state index in [0.29, 0.717) is 24.0 Å². The fourth-order valence-corrected chi connectivity index (χ4v) is 1.81. The first-order valence-corrected chi connectivity index (χ1v) is 6.54. The van der Waals surface area contributed by atoms with Crippen LogP contribution in [0.5, 0.6) is 5.75 Å². The number of hydrogen-bond acceptors (Lipinski definition) is 5. The van der Waals surface area contributed by atoms with E-state index in [9.17, 15) is 4.39 Å². The fourth-order valence-electron chi connectivity index (χ4n) is 1.81. The predicted octanol–water partition coefficient (Wildman–Crippen LogP) is 2.38. The zero-order valence-electron chi connectivity index (χ0n) is 11.6. The molecule has 5 nitrogen and oxygen atoms in total. The number of benzene rings is 1. The van der Waals surface area contributed by atoms with E-state index in [1.165, 1.54) is 12.1 Å². The van der Waals surface area contributed by atoms with Gasteiger partial charge in [0.25, 0.3) is 5.89 Å². The first kappa shape index (κ1) is 14.5. The lowest BCUT2D eigenvalue weighted by atomic mass is 10.0. The Morgan fingerprint density at radius 2 is 2.20 bits per heavy atom. The van der Waals surface area contributed by atoms with Gasteiger partial charge in [0, 0.05) is 13.0 Å². The van der Waals surface area contributed by atoms with Crippen molar-refractivity contribution in [2.45, 2.75) is 39.3 Å². The molecule has 0 radical (unpaired) electrons. The molecule has 2 N–H and O–H groups in total. The molecule has 0 bridgehead atoms. The van der Waals surface area contributed by atoms with Crippen molar-refractivity contribution < 1.29 is 13.5 Å². The standard InChI is InChI=1S/C14H18FN3O2/c1-3-12(16)7-10-6-11(15)4-5-13(10)19-8-14-18-17-9(2)20-14/h4-6,12H,3,7-8,16H2,1-2H3. The molecule has 0 fully saturated rings. The lowest BCUT2D eigenvalue weighted by molar-refractivity contribution is 0.257. The third-order valence-electron chi connectivity index (χ3n) is 2.95. The zero-order valence-corrected chi connectivity index (χ0v) is 11.6. The van der Waals surface area contributed by atoms with E-state index < -0.39 is 0 Å². The zero-order chi connectivity index (χ0) is 14.5. The van der Waals surface area contributed by atoms with E-state index in [2.05, 4.69) is 10.2 Å². The Bertz CT molecular complexity index is 571. The summed E-state index contributed by atoms with van der Waals surface area (Å²) >= 11 is 0. The first-order valence-electron chi connectivity index (χ1n) is 6.54. The smallest absolute Gasteiger partial charge is 0.253 e. The number of halogens is 1. The van der Waals surface area contributed by atoms with Crippen molar-refractivity contribution in [1.82, 2.24) is 10.2 Å². The Labute approximate surface area is 116 Å². The molecule has 2 aromatic rings. The highest BCUT2D eigenvalue weighted by Crippen LogP contribution is 2.22. The van der Waals surface area contributed by atoms with Crippen molar-refractivity contribution >= 4 is 0 Å². The molecular formula is C14H18FN3O2. The van der Waals surface area contributed by atoms with Gasteiger partial charge in [0.1, 0.15) is 11.6 Å². The number of aryl methyl sites for hydroxylation is 1. The van der Waals surface area contributed by atoms with Crippen LogP contribution in [0.2, 0.25) is 0 Å². The quantitative estimate of drug-likeness (QED) is 0.878. The van der Waals surface area contributed by atoms with Gasteiger partial charge in [0.15, 0.2) is 6.61 Å². The minimum absolute atomic E-state index is 0.0233. The van der Waals surface area contributed by atoms with Gasteiger partial charge < -0.3 is 14.9 Å². The van der Waals surface area contributed by atoms with E-state index in [1.54, 1.807) is 13.0 Å². The van der Waals surface area contributed by atoms with Crippen LogP contribution in [-0.2, 0) is 13.0 Å². The van der Waals surface area contributed by atoms with Crippen molar-refractivity contribution in [3.63, 3.8) is 0 Å². The largest absolute Gasteiger partial charge is 0.484 e. The van der Waals surface area contributed by atoms with Gasteiger partial charge in [0.05, 0.1) is 0 Å². The van der Waals surface area contributed by atoms with Crippen LogP contribution in [0.3, 0.4) is 0 Å². The summed E-state index contributed by atoms with van der Waals surface area (Å²) in [5, 5.41) is 7.57. The Morgan fingerprint density at radius 1 is 1.40 bits per heavy atom. The summed E-state index contributed by atoms with van der Waals surface area (Å²) in [6, 6.07) is 4.38. The molecule has 1 heterocycles. The van der Waals surface area contributed by atoms with Crippen LogP contribution >= 0.6 is 0 Å². The van der Waals surface area contributed by atoms with Crippen LogP contribution in [0.1, 0.15) is 30.7 Å². The molecule has 1 atom stereocenters. The van der Waals surface area contributed by atoms with Gasteiger partial charge in [-0.1, -0.05) is 6.92 Å². The van der Waals surface area contributed by atoms with Crippen LogP contribution in [0.25, 0.3) is 0 Å². The number of nitrogens with zero attached hydrogens (tertiary/aromatic N) is 2. The number of rotatable bonds is 6. The fraction of sp³-hybridized carbons (Fsp3) is 0.429. The highest BCUT2D eigenvalue weighted by Gasteiger charge is 2.11. The van der Waals surface area contributed by atoms with Crippen molar-refractivity contribution in [1.29, 1.82) is 0 Å². The molecule has 0 aliphatic heterocycles. The van der Waals surface area contributed by atoms with Crippen LogP contribution in [0.15, 0.2) is 22.6 Å². The van der Waals surface area contributed by atoms with Crippen LogP contribution in [-0.4, -0.2) is 16.2 Å². The molecule has 2 rings (SSSR count). The maximum absolute atomic E-state index is 13.3. The van der Waals surface area contributed by atoms with Gasteiger partial charge in [-0.15, -0.1) is 10.2 Å². The predicted molar refractivity (Wildman–Crippen MR) is 71.7 cm³/mol. The number of nitrogens with two attached hydrogens (primary N) is 1. The Morgan fingerprint density at radius 3 is 2.85 bits per heavy atom. The summed E-state index contributed by atoms with van der Waals surface area (Å²) in [6.45, 7) is 3.85. The molecule has 0 amide bonds. The van der Waals surface area contributed by atoms with Crippen LogP contribution < -0.4 is 10.5 Å².